The summed E-state index contributed by atoms with van der Waals surface area (Å²) < 4.78 is 41.1. The number of halogens is 3. The van der Waals surface area contributed by atoms with Crippen LogP contribution in [0.15, 0.2) is 53.7 Å². The number of nitrogens with zero attached hydrogens (tertiary/aromatic N) is 2. The van der Waals surface area contributed by atoms with Crippen LogP contribution in [0.3, 0.4) is 0 Å². The van der Waals surface area contributed by atoms with Crippen molar-refractivity contribution in [3.8, 4) is 0 Å². The first-order valence-corrected chi connectivity index (χ1v) is 10.4. The predicted molar refractivity (Wildman–Crippen MR) is 109 cm³/mol. The number of benzene rings is 2. The second kappa shape index (κ2) is 9.35. The maximum atomic E-state index is 13.1. The van der Waals surface area contributed by atoms with Crippen LogP contribution in [0.1, 0.15) is 30.9 Å². The first-order valence-electron chi connectivity index (χ1n) is 9.39. The third-order valence-corrected chi connectivity index (χ3v) is 5.39. The Hall–Kier alpha value is -2.48. The Labute approximate surface area is 171 Å². The van der Waals surface area contributed by atoms with Crippen LogP contribution in [-0.2, 0) is 17.5 Å². The Kier molecular flexibility index (Phi) is 6.84. The van der Waals surface area contributed by atoms with E-state index < -0.39 is 11.7 Å². The number of fused-ring (bicyclic) bond motifs is 1. The molecule has 0 aliphatic heterocycles. The van der Waals surface area contributed by atoms with Gasteiger partial charge in [0.15, 0.2) is 5.16 Å². The van der Waals surface area contributed by atoms with Gasteiger partial charge in [-0.2, -0.15) is 13.2 Å². The first-order chi connectivity index (χ1) is 13.9. The van der Waals surface area contributed by atoms with Crippen molar-refractivity contribution >= 4 is 28.7 Å². The minimum atomic E-state index is -4.43. The summed E-state index contributed by atoms with van der Waals surface area (Å²) in [6.07, 6.45) is -2.53. The van der Waals surface area contributed by atoms with E-state index in [1.165, 1.54) is 17.8 Å². The van der Waals surface area contributed by atoms with Crippen LogP contribution in [0.4, 0.5) is 13.2 Å². The molecule has 1 amide bonds. The van der Waals surface area contributed by atoms with E-state index in [4.69, 9.17) is 0 Å². The second-order valence-corrected chi connectivity index (χ2v) is 7.60. The van der Waals surface area contributed by atoms with Crippen molar-refractivity contribution in [1.82, 2.24) is 14.9 Å². The summed E-state index contributed by atoms with van der Waals surface area (Å²) >= 11 is 1.23. The average molecular weight is 421 g/mol. The number of unbranched alkanes of at least 4 members (excludes halogenated alkanes) is 1. The largest absolute Gasteiger partial charge is 0.416 e. The fourth-order valence-electron chi connectivity index (χ4n) is 2.90. The van der Waals surface area contributed by atoms with Gasteiger partial charge in [0, 0.05) is 6.54 Å². The normalized spacial score (nSPS) is 11.7. The number of hydrogen-bond acceptors (Lipinski definition) is 3. The van der Waals surface area contributed by atoms with Crippen molar-refractivity contribution < 1.29 is 18.0 Å². The molecule has 0 unspecified atom stereocenters. The fraction of sp³-hybridized carbons (Fsp3) is 0.333. The molecule has 8 heteroatoms. The van der Waals surface area contributed by atoms with E-state index in [9.17, 15) is 18.0 Å². The van der Waals surface area contributed by atoms with Gasteiger partial charge in [-0.1, -0.05) is 55.4 Å². The molecule has 0 aliphatic carbocycles. The molecular formula is C21H22F3N3OS. The number of imidazole rings is 1. The average Bonchev–Trinajstić information content (AvgIpc) is 3.03. The van der Waals surface area contributed by atoms with Crippen LogP contribution in [0.5, 0.6) is 0 Å². The highest BCUT2D eigenvalue weighted by Crippen LogP contribution is 2.33. The Morgan fingerprint density at radius 3 is 2.62 bits per heavy atom. The summed E-state index contributed by atoms with van der Waals surface area (Å²) in [5, 5.41) is 3.36. The molecule has 0 radical (unpaired) electrons. The zero-order valence-corrected chi connectivity index (χ0v) is 16.8. The van der Waals surface area contributed by atoms with Gasteiger partial charge in [0.05, 0.1) is 28.9 Å². The van der Waals surface area contributed by atoms with Gasteiger partial charge < -0.3 is 9.88 Å². The third-order valence-electron chi connectivity index (χ3n) is 4.41. The Balaban J connectivity index is 1.89. The minimum Gasteiger partial charge on any atom is -0.355 e. The predicted octanol–water partition coefficient (Wildman–Crippen LogP) is 5.11. The lowest BCUT2D eigenvalue weighted by Crippen LogP contribution is -2.26. The van der Waals surface area contributed by atoms with E-state index in [2.05, 4.69) is 10.3 Å². The molecule has 3 rings (SSSR count). The number of alkyl halides is 3. The lowest BCUT2D eigenvalue weighted by Gasteiger charge is -2.10. The molecule has 0 spiro atoms. The number of thioether (sulfide) groups is 1. The summed E-state index contributed by atoms with van der Waals surface area (Å²) in [4.78, 5) is 16.4. The van der Waals surface area contributed by atoms with Crippen LogP contribution < -0.4 is 5.32 Å². The molecule has 2 aromatic carbocycles. The molecule has 3 aromatic rings. The fourth-order valence-corrected chi connectivity index (χ4v) is 3.74. The summed E-state index contributed by atoms with van der Waals surface area (Å²) in [5.74, 6) is 0.0475. The second-order valence-electron chi connectivity index (χ2n) is 6.66. The molecular weight excluding hydrogens is 399 g/mol. The van der Waals surface area contributed by atoms with Gasteiger partial charge >= 0.3 is 6.18 Å². The number of aromatic nitrogens is 2. The highest BCUT2D eigenvalue weighted by atomic mass is 32.2. The van der Waals surface area contributed by atoms with Crippen LogP contribution in [0.2, 0.25) is 0 Å². The summed E-state index contributed by atoms with van der Waals surface area (Å²) in [6.45, 7) is 3.12. The molecule has 1 heterocycles. The molecule has 0 saturated heterocycles. The van der Waals surface area contributed by atoms with Crippen molar-refractivity contribution in [3.63, 3.8) is 0 Å². The van der Waals surface area contributed by atoms with E-state index in [1.807, 2.05) is 41.8 Å². The maximum Gasteiger partial charge on any atom is 0.416 e. The Morgan fingerprint density at radius 2 is 1.93 bits per heavy atom. The Bertz CT molecular complexity index is 970. The maximum absolute atomic E-state index is 13.1. The van der Waals surface area contributed by atoms with Crippen LogP contribution in [0, 0.1) is 0 Å². The van der Waals surface area contributed by atoms with Crippen molar-refractivity contribution in [2.75, 3.05) is 12.3 Å². The smallest absolute Gasteiger partial charge is 0.355 e. The summed E-state index contributed by atoms with van der Waals surface area (Å²) in [5.41, 5.74) is 1.14. The highest BCUT2D eigenvalue weighted by molar-refractivity contribution is 7.99. The number of carbonyl (C=O) groups is 1. The van der Waals surface area contributed by atoms with Gasteiger partial charge in [0.25, 0.3) is 0 Å². The summed E-state index contributed by atoms with van der Waals surface area (Å²) in [6, 6.07) is 13.2. The molecule has 0 atom stereocenters. The number of hydrogen-bond donors (Lipinski definition) is 1. The van der Waals surface area contributed by atoms with Crippen LogP contribution in [-0.4, -0.2) is 27.8 Å². The van der Waals surface area contributed by atoms with Crippen molar-refractivity contribution in [3.05, 3.63) is 59.7 Å². The van der Waals surface area contributed by atoms with E-state index in [0.717, 1.165) is 30.5 Å². The van der Waals surface area contributed by atoms with E-state index in [-0.39, 0.29) is 17.2 Å². The van der Waals surface area contributed by atoms with E-state index in [0.29, 0.717) is 23.8 Å². The molecule has 4 nitrogen and oxygen atoms in total. The van der Waals surface area contributed by atoms with Crippen molar-refractivity contribution in [1.29, 1.82) is 0 Å². The van der Waals surface area contributed by atoms with Crippen molar-refractivity contribution in [2.45, 2.75) is 37.6 Å². The SMILES string of the molecule is CCCCNC(=O)CSc1nc2cc(C(F)(F)F)ccc2n1Cc1ccccc1. The number of nitrogens with one attached hydrogen (secondary N) is 1. The monoisotopic (exact) mass is 421 g/mol. The van der Waals surface area contributed by atoms with Gasteiger partial charge in [-0.15, -0.1) is 0 Å². The Morgan fingerprint density at radius 1 is 1.17 bits per heavy atom. The topological polar surface area (TPSA) is 46.9 Å². The number of carbonyl (C=O) groups excluding carboxylic acids is 1. The van der Waals surface area contributed by atoms with Crippen molar-refractivity contribution in [2.24, 2.45) is 0 Å². The van der Waals surface area contributed by atoms with Gasteiger partial charge in [-0.25, -0.2) is 4.98 Å². The summed E-state index contributed by atoms with van der Waals surface area (Å²) in [7, 11) is 0. The van der Waals surface area contributed by atoms with Gasteiger partial charge in [0.2, 0.25) is 5.91 Å². The van der Waals surface area contributed by atoms with Gasteiger partial charge in [-0.3, -0.25) is 4.79 Å². The standard InChI is InChI=1S/C21H22F3N3OS/c1-2-3-11-25-19(28)14-29-20-26-17-12-16(21(22,23)24)9-10-18(17)27(20)13-15-7-5-4-6-8-15/h4-10,12H,2-3,11,13-14H2,1H3,(H,25,28). The molecule has 0 fully saturated rings. The highest BCUT2D eigenvalue weighted by Gasteiger charge is 2.31. The molecule has 29 heavy (non-hydrogen) atoms. The van der Waals surface area contributed by atoms with Gasteiger partial charge in [-0.05, 0) is 30.2 Å². The van der Waals surface area contributed by atoms with Gasteiger partial charge in [0.1, 0.15) is 0 Å². The first kappa shape index (κ1) is 21.2. The molecule has 0 bridgehead atoms. The zero-order chi connectivity index (χ0) is 20.9. The van der Waals surface area contributed by atoms with E-state index >= 15 is 0 Å². The quantitative estimate of drug-likeness (QED) is 0.406. The molecule has 154 valence electrons. The lowest BCUT2D eigenvalue weighted by molar-refractivity contribution is -0.137. The number of amides is 1. The van der Waals surface area contributed by atoms with E-state index in [1.54, 1.807) is 0 Å². The molecule has 1 aromatic heterocycles. The number of rotatable bonds is 8. The molecule has 0 saturated carbocycles. The van der Waals surface area contributed by atoms with Crippen LogP contribution >= 0.6 is 11.8 Å². The molecule has 0 aliphatic rings. The lowest BCUT2D eigenvalue weighted by atomic mass is 10.2. The zero-order valence-electron chi connectivity index (χ0n) is 16.0. The molecule has 1 N–H and O–H groups in total. The third kappa shape index (κ3) is 5.53. The van der Waals surface area contributed by atoms with Crippen LogP contribution in [0.25, 0.3) is 11.0 Å². The minimum absolute atomic E-state index is 0.113.